The summed E-state index contributed by atoms with van der Waals surface area (Å²) in [5.41, 5.74) is 0.835. The van der Waals surface area contributed by atoms with Crippen molar-refractivity contribution in [3.8, 4) is 0 Å². The van der Waals surface area contributed by atoms with E-state index in [4.69, 9.17) is 4.74 Å². The monoisotopic (exact) mass is 483 g/mol. The Morgan fingerprint density at radius 2 is 1.94 bits per heavy atom. The van der Waals surface area contributed by atoms with Gasteiger partial charge in [-0.15, -0.1) is 11.3 Å². The summed E-state index contributed by atoms with van der Waals surface area (Å²) in [6.45, 7) is 3.55. The van der Waals surface area contributed by atoms with Crippen LogP contribution in [0.25, 0.3) is 0 Å². The van der Waals surface area contributed by atoms with Crippen molar-refractivity contribution in [2.75, 3.05) is 18.5 Å². The minimum atomic E-state index is -1.19. The summed E-state index contributed by atoms with van der Waals surface area (Å²) in [4.78, 5) is 53.9. The number of nitrogens with zero attached hydrogens (tertiary/aromatic N) is 1. The number of benzene rings is 1. The molecule has 2 aliphatic rings. The van der Waals surface area contributed by atoms with Crippen molar-refractivity contribution in [2.45, 2.75) is 57.9 Å². The van der Waals surface area contributed by atoms with Crippen LogP contribution in [0.15, 0.2) is 30.3 Å². The second kappa shape index (κ2) is 9.97. The van der Waals surface area contributed by atoms with E-state index < -0.39 is 35.9 Å². The van der Waals surface area contributed by atoms with Gasteiger partial charge in [0.2, 0.25) is 5.91 Å². The van der Waals surface area contributed by atoms with Gasteiger partial charge in [-0.25, -0.2) is 9.59 Å². The van der Waals surface area contributed by atoms with Crippen LogP contribution in [-0.4, -0.2) is 41.9 Å². The van der Waals surface area contributed by atoms with Crippen LogP contribution in [0.5, 0.6) is 0 Å². The smallest absolute Gasteiger partial charge is 0.341 e. The molecule has 4 rings (SSSR count). The van der Waals surface area contributed by atoms with E-state index in [-0.39, 0.29) is 6.61 Å². The number of unbranched alkanes of at least 4 members (excludes halogenated alkanes) is 1. The zero-order valence-electron chi connectivity index (χ0n) is 19.4. The molecule has 1 unspecified atom stereocenters. The lowest BCUT2D eigenvalue weighted by atomic mass is 9.85. The molecule has 1 atom stereocenters. The fourth-order valence-electron chi connectivity index (χ4n) is 4.67. The van der Waals surface area contributed by atoms with Gasteiger partial charge in [-0.3, -0.25) is 14.5 Å². The lowest BCUT2D eigenvalue weighted by molar-refractivity contribution is -0.134. The number of aryl methyl sites for hydroxylation is 1. The lowest BCUT2D eigenvalue weighted by Gasteiger charge is -2.27. The molecule has 1 fully saturated rings. The number of hydrogen-bond acceptors (Lipinski definition) is 6. The summed E-state index contributed by atoms with van der Waals surface area (Å²) in [5, 5.41) is 6.03. The molecule has 0 spiro atoms. The highest BCUT2D eigenvalue weighted by molar-refractivity contribution is 7.17. The molecular weight excluding hydrogens is 454 g/mol. The number of thiophene rings is 1. The third kappa shape index (κ3) is 4.32. The van der Waals surface area contributed by atoms with Crippen molar-refractivity contribution in [2.24, 2.45) is 0 Å². The van der Waals surface area contributed by atoms with Crippen molar-refractivity contribution in [1.82, 2.24) is 10.2 Å². The van der Waals surface area contributed by atoms with Crippen LogP contribution in [0.2, 0.25) is 0 Å². The predicted molar refractivity (Wildman–Crippen MR) is 129 cm³/mol. The third-order valence-electron chi connectivity index (χ3n) is 6.30. The maximum absolute atomic E-state index is 13.5. The van der Waals surface area contributed by atoms with Gasteiger partial charge in [-0.1, -0.05) is 50.1 Å². The van der Waals surface area contributed by atoms with Crippen LogP contribution in [-0.2, 0) is 32.7 Å². The molecule has 0 saturated carbocycles. The largest absolute Gasteiger partial charge is 0.462 e. The number of imide groups is 1. The zero-order chi connectivity index (χ0) is 24.3. The Bertz CT molecular complexity index is 1110. The molecule has 1 aliphatic heterocycles. The molecule has 34 heavy (non-hydrogen) atoms. The molecule has 1 aromatic heterocycles. The molecule has 1 aliphatic carbocycles. The summed E-state index contributed by atoms with van der Waals surface area (Å²) in [6.07, 6.45) is 4.62. The number of esters is 1. The molecule has 8 nitrogen and oxygen atoms in total. The Morgan fingerprint density at radius 1 is 1.18 bits per heavy atom. The second-order valence-electron chi connectivity index (χ2n) is 8.53. The van der Waals surface area contributed by atoms with E-state index in [1.165, 1.54) is 11.3 Å². The number of carbonyl (C=O) groups is 4. The van der Waals surface area contributed by atoms with Gasteiger partial charge in [0, 0.05) is 4.88 Å². The minimum Gasteiger partial charge on any atom is -0.462 e. The van der Waals surface area contributed by atoms with Gasteiger partial charge in [-0.2, -0.15) is 0 Å². The Labute approximate surface area is 202 Å². The van der Waals surface area contributed by atoms with Gasteiger partial charge in [-0.05, 0) is 43.7 Å². The fraction of sp³-hybridized carbons (Fsp3) is 0.440. The van der Waals surface area contributed by atoms with Crippen molar-refractivity contribution in [3.05, 3.63) is 51.9 Å². The molecule has 1 aromatic carbocycles. The van der Waals surface area contributed by atoms with Crippen molar-refractivity contribution < 1.29 is 23.9 Å². The van der Waals surface area contributed by atoms with Gasteiger partial charge in [0.15, 0.2) is 0 Å². The summed E-state index contributed by atoms with van der Waals surface area (Å²) in [6, 6.07) is 8.53. The molecule has 4 amide bonds. The molecule has 0 bridgehead atoms. The summed E-state index contributed by atoms with van der Waals surface area (Å²) in [5.74, 6) is -1.44. The zero-order valence-corrected chi connectivity index (χ0v) is 20.3. The number of urea groups is 1. The number of hydrogen-bond donors (Lipinski definition) is 2. The van der Waals surface area contributed by atoms with Crippen molar-refractivity contribution in [3.63, 3.8) is 0 Å². The average molecular weight is 484 g/mol. The quantitative estimate of drug-likeness (QED) is 0.415. The highest BCUT2D eigenvalue weighted by Crippen LogP contribution is 2.40. The van der Waals surface area contributed by atoms with Crippen LogP contribution in [0, 0.1) is 0 Å². The van der Waals surface area contributed by atoms with E-state index in [9.17, 15) is 19.2 Å². The number of nitrogens with one attached hydrogen (secondary N) is 2. The van der Waals surface area contributed by atoms with Gasteiger partial charge < -0.3 is 15.4 Å². The number of rotatable bonds is 9. The maximum atomic E-state index is 13.5. The average Bonchev–Trinajstić information content (AvgIpc) is 3.47. The van der Waals surface area contributed by atoms with Crippen LogP contribution in [0.3, 0.4) is 0 Å². The van der Waals surface area contributed by atoms with Crippen LogP contribution in [0.1, 0.15) is 65.9 Å². The first-order chi connectivity index (χ1) is 16.4. The number of amides is 4. The Hall–Kier alpha value is -3.20. The van der Waals surface area contributed by atoms with Crippen molar-refractivity contribution in [1.29, 1.82) is 0 Å². The molecule has 2 heterocycles. The molecular formula is C25H29N3O5S. The van der Waals surface area contributed by atoms with E-state index >= 15 is 0 Å². The lowest BCUT2D eigenvalue weighted by Crippen LogP contribution is -2.44. The van der Waals surface area contributed by atoms with Crippen LogP contribution >= 0.6 is 11.3 Å². The first-order valence-corrected chi connectivity index (χ1v) is 12.5. The van der Waals surface area contributed by atoms with E-state index in [2.05, 4.69) is 10.6 Å². The molecule has 180 valence electrons. The van der Waals surface area contributed by atoms with E-state index in [0.29, 0.717) is 22.5 Å². The molecule has 9 heteroatoms. The van der Waals surface area contributed by atoms with Gasteiger partial charge in [0.05, 0.1) is 12.2 Å². The second-order valence-corrected chi connectivity index (χ2v) is 9.63. The topological polar surface area (TPSA) is 105 Å². The van der Waals surface area contributed by atoms with E-state index in [1.807, 2.05) is 37.3 Å². The number of ether oxygens (including phenoxy) is 1. The summed E-state index contributed by atoms with van der Waals surface area (Å²) in [7, 11) is 0. The Balaban J connectivity index is 1.55. The number of fused-ring (bicyclic) bond motifs is 1. The van der Waals surface area contributed by atoms with E-state index in [1.54, 1.807) is 6.92 Å². The predicted octanol–water partition coefficient (Wildman–Crippen LogP) is 3.99. The standard InChI is InChI=1S/C25H29N3O5S/c1-3-5-14-25(16-10-7-6-8-11-16)23(31)28(24(32)27-25)15-19(29)26-21-20(22(30)33-4-2)17-12-9-13-18(17)34-21/h6-8,10-11H,3-5,9,12-15H2,1-2H3,(H,26,29)(H,27,32). The first kappa shape index (κ1) is 23.9. The van der Waals surface area contributed by atoms with Gasteiger partial charge >= 0.3 is 12.0 Å². The summed E-state index contributed by atoms with van der Waals surface area (Å²) < 4.78 is 5.20. The van der Waals surface area contributed by atoms with Crippen molar-refractivity contribution >= 4 is 40.2 Å². The first-order valence-electron chi connectivity index (χ1n) is 11.7. The fourth-order valence-corrected chi connectivity index (χ4v) is 5.96. The molecule has 2 aromatic rings. The maximum Gasteiger partial charge on any atom is 0.341 e. The summed E-state index contributed by atoms with van der Waals surface area (Å²) >= 11 is 1.36. The third-order valence-corrected chi connectivity index (χ3v) is 7.51. The number of anilines is 1. The number of carbonyl (C=O) groups excluding carboxylic acids is 4. The minimum absolute atomic E-state index is 0.235. The molecule has 2 N–H and O–H groups in total. The normalized spacial score (nSPS) is 19.2. The Kier molecular flexibility index (Phi) is 7.02. The Morgan fingerprint density at radius 3 is 2.65 bits per heavy atom. The van der Waals surface area contributed by atoms with E-state index in [0.717, 1.165) is 47.4 Å². The molecule has 1 saturated heterocycles. The SMILES string of the molecule is CCCCC1(c2ccccc2)NC(=O)N(CC(=O)Nc2sc3c(c2C(=O)OCC)CCC3)C1=O. The highest BCUT2D eigenvalue weighted by atomic mass is 32.1. The molecule has 0 radical (unpaired) electrons. The highest BCUT2D eigenvalue weighted by Gasteiger charge is 2.52. The van der Waals surface area contributed by atoms with Crippen LogP contribution < -0.4 is 10.6 Å². The van der Waals surface area contributed by atoms with Crippen LogP contribution in [0.4, 0.5) is 9.80 Å². The van der Waals surface area contributed by atoms with Gasteiger partial charge in [0.25, 0.3) is 5.91 Å². The van der Waals surface area contributed by atoms with Gasteiger partial charge in [0.1, 0.15) is 17.1 Å².